The van der Waals surface area contributed by atoms with Crippen LogP contribution in [-0.4, -0.2) is 53.2 Å². The lowest BCUT2D eigenvalue weighted by molar-refractivity contribution is 0.121. The van der Waals surface area contributed by atoms with Crippen molar-refractivity contribution in [3.8, 4) is 0 Å². The number of benzene rings is 1. The van der Waals surface area contributed by atoms with Crippen LogP contribution in [-0.2, 0) is 14.8 Å². The molecule has 1 N–H and O–H groups in total. The lowest BCUT2D eigenvalue weighted by atomic mass is 9.97. The Balaban J connectivity index is 1.83. The van der Waals surface area contributed by atoms with Gasteiger partial charge in [0.15, 0.2) is 0 Å². The number of rotatable bonds is 7. The van der Waals surface area contributed by atoms with Gasteiger partial charge in [0.25, 0.3) is 0 Å². The van der Waals surface area contributed by atoms with E-state index in [0.717, 1.165) is 38.5 Å². The van der Waals surface area contributed by atoms with Gasteiger partial charge in [-0.25, -0.2) is 17.5 Å². The molecule has 5 nitrogen and oxygen atoms in total. The van der Waals surface area contributed by atoms with Crippen molar-refractivity contribution in [2.24, 2.45) is 5.92 Å². The highest BCUT2D eigenvalue weighted by molar-refractivity contribution is 7.89. The van der Waals surface area contributed by atoms with Crippen LogP contribution in [0.15, 0.2) is 29.2 Å². The summed E-state index contributed by atoms with van der Waals surface area (Å²) in [6, 6.07) is 5.43. The summed E-state index contributed by atoms with van der Waals surface area (Å²) in [7, 11) is -2.09. The van der Waals surface area contributed by atoms with Crippen LogP contribution < -0.4 is 4.72 Å². The van der Waals surface area contributed by atoms with Gasteiger partial charge in [-0.05, 0) is 44.0 Å². The Hall–Kier alpha value is -1.02. The molecule has 0 spiro atoms. The molecule has 0 atom stereocenters. The quantitative estimate of drug-likeness (QED) is 0.822. The second-order valence-electron chi connectivity index (χ2n) is 5.56. The fraction of sp³-hybridized carbons (Fsp3) is 0.600. The van der Waals surface area contributed by atoms with Crippen LogP contribution in [0.1, 0.15) is 12.8 Å². The van der Waals surface area contributed by atoms with Crippen LogP contribution in [0.5, 0.6) is 0 Å². The second kappa shape index (κ2) is 8.01. The minimum atomic E-state index is -3.78. The first-order valence-electron chi connectivity index (χ1n) is 7.48. The highest BCUT2D eigenvalue weighted by atomic mass is 32.2. The number of nitrogens with one attached hydrogen (secondary N) is 1. The standard InChI is InChI=1S/C15H23FN2O3S/c1-21-11-10-18-8-6-13(7-9-18)12-17-22(19,20)15-5-3-2-4-14(15)16/h2-5,13,17H,6-12H2,1H3. The van der Waals surface area contributed by atoms with Crippen LogP contribution in [0.3, 0.4) is 0 Å². The molecule has 0 saturated carbocycles. The number of hydrogen-bond donors (Lipinski definition) is 1. The van der Waals surface area contributed by atoms with Crippen molar-refractivity contribution in [1.82, 2.24) is 9.62 Å². The average molecular weight is 330 g/mol. The smallest absolute Gasteiger partial charge is 0.243 e. The minimum absolute atomic E-state index is 0.285. The summed E-state index contributed by atoms with van der Waals surface area (Å²) >= 11 is 0. The SMILES string of the molecule is COCCN1CCC(CNS(=O)(=O)c2ccccc2F)CC1. The molecule has 1 aliphatic rings. The molecular weight excluding hydrogens is 307 g/mol. The number of piperidine rings is 1. The molecule has 1 fully saturated rings. The number of sulfonamides is 1. The molecule has 0 amide bonds. The molecule has 124 valence electrons. The van der Waals surface area contributed by atoms with E-state index in [0.29, 0.717) is 19.1 Å². The van der Waals surface area contributed by atoms with Crippen molar-refractivity contribution in [3.63, 3.8) is 0 Å². The summed E-state index contributed by atoms with van der Waals surface area (Å²) in [4.78, 5) is 2.03. The van der Waals surface area contributed by atoms with E-state index in [1.54, 1.807) is 7.11 Å². The normalized spacial score (nSPS) is 17.7. The largest absolute Gasteiger partial charge is 0.383 e. The van der Waals surface area contributed by atoms with Gasteiger partial charge in [-0.3, -0.25) is 0 Å². The van der Waals surface area contributed by atoms with Crippen molar-refractivity contribution in [1.29, 1.82) is 0 Å². The molecule has 1 saturated heterocycles. The number of hydrogen-bond acceptors (Lipinski definition) is 4. The molecule has 0 bridgehead atoms. The van der Waals surface area contributed by atoms with Crippen LogP contribution in [0, 0.1) is 11.7 Å². The zero-order valence-corrected chi connectivity index (χ0v) is 13.6. The van der Waals surface area contributed by atoms with E-state index < -0.39 is 15.8 Å². The van der Waals surface area contributed by atoms with E-state index in [4.69, 9.17) is 4.74 Å². The van der Waals surface area contributed by atoms with Crippen molar-refractivity contribution in [2.75, 3.05) is 39.9 Å². The molecule has 1 aromatic carbocycles. The fourth-order valence-electron chi connectivity index (χ4n) is 2.60. The Bertz CT molecular complexity index is 572. The van der Waals surface area contributed by atoms with Gasteiger partial charge >= 0.3 is 0 Å². The van der Waals surface area contributed by atoms with Crippen LogP contribution in [0.25, 0.3) is 0 Å². The van der Waals surface area contributed by atoms with Gasteiger partial charge in [0.2, 0.25) is 10.0 Å². The number of likely N-dealkylation sites (tertiary alicyclic amines) is 1. The summed E-state index contributed by atoms with van der Waals surface area (Å²) in [5, 5.41) is 0. The summed E-state index contributed by atoms with van der Waals surface area (Å²) in [5.74, 6) is -0.426. The Labute approximate surface area is 131 Å². The van der Waals surface area contributed by atoms with Gasteiger partial charge < -0.3 is 9.64 Å². The van der Waals surface area contributed by atoms with E-state index in [-0.39, 0.29) is 4.90 Å². The molecule has 1 heterocycles. The first-order valence-corrected chi connectivity index (χ1v) is 8.96. The number of halogens is 1. The third-order valence-corrected chi connectivity index (χ3v) is 5.46. The third-order valence-electron chi connectivity index (χ3n) is 4.01. The summed E-state index contributed by atoms with van der Waals surface area (Å²) in [5.41, 5.74) is 0. The summed E-state index contributed by atoms with van der Waals surface area (Å²) < 4.78 is 45.4. The molecule has 0 aliphatic carbocycles. The van der Waals surface area contributed by atoms with Crippen molar-refractivity contribution < 1.29 is 17.5 Å². The van der Waals surface area contributed by atoms with E-state index in [1.807, 2.05) is 0 Å². The number of methoxy groups -OCH3 is 1. The molecule has 0 aromatic heterocycles. The van der Waals surface area contributed by atoms with E-state index in [9.17, 15) is 12.8 Å². The summed E-state index contributed by atoms with van der Waals surface area (Å²) in [6.07, 6.45) is 1.87. The molecular formula is C15H23FN2O3S. The molecule has 1 aromatic rings. The van der Waals surface area contributed by atoms with Gasteiger partial charge in [-0.1, -0.05) is 12.1 Å². The van der Waals surface area contributed by atoms with Crippen molar-refractivity contribution in [3.05, 3.63) is 30.1 Å². The minimum Gasteiger partial charge on any atom is -0.383 e. The van der Waals surface area contributed by atoms with Crippen LogP contribution in [0.4, 0.5) is 4.39 Å². The highest BCUT2D eigenvalue weighted by Gasteiger charge is 2.23. The maximum absolute atomic E-state index is 13.6. The van der Waals surface area contributed by atoms with Crippen LogP contribution >= 0.6 is 0 Å². The maximum Gasteiger partial charge on any atom is 0.243 e. The molecule has 22 heavy (non-hydrogen) atoms. The lowest BCUT2D eigenvalue weighted by Gasteiger charge is -2.31. The second-order valence-corrected chi connectivity index (χ2v) is 7.30. The predicted octanol–water partition coefficient (Wildman–Crippen LogP) is 1.46. The average Bonchev–Trinajstić information content (AvgIpc) is 2.52. The zero-order chi connectivity index (χ0) is 16.0. The Morgan fingerprint density at radius 3 is 2.64 bits per heavy atom. The fourth-order valence-corrected chi connectivity index (χ4v) is 3.80. The van der Waals surface area contributed by atoms with Gasteiger partial charge in [0.1, 0.15) is 10.7 Å². The number of ether oxygens (including phenoxy) is 1. The molecule has 7 heteroatoms. The predicted molar refractivity (Wildman–Crippen MR) is 82.6 cm³/mol. The monoisotopic (exact) mass is 330 g/mol. The Morgan fingerprint density at radius 2 is 2.00 bits per heavy atom. The lowest BCUT2D eigenvalue weighted by Crippen LogP contribution is -2.39. The van der Waals surface area contributed by atoms with Gasteiger partial charge in [-0.15, -0.1) is 0 Å². The maximum atomic E-state index is 13.6. The molecule has 2 rings (SSSR count). The topological polar surface area (TPSA) is 58.6 Å². The first-order chi connectivity index (χ1) is 10.5. The van der Waals surface area contributed by atoms with E-state index in [1.165, 1.54) is 18.2 Å². The third kappa shape index (κ3) is 4.74. The van der Waals surface area contributed by atoms with Crippen LogP contribution in [0.2, 0.25) is 0 Å². The highest BCUT2D eigenvalue weighted by Crippen LogP contribution is 2.18. The van der Waals surface area contributed by atoms with Gasteiger partial charge in [0.05, 0.1) is 6.61 Å². The Kier molecular flexibility index (Phi) is 6.31. The summed E-state index contributed by atoms with van der Waals surface area (Å²) in [6.45, 7) is 3.86. The van der Waals surface area contributed by atoms with Crippen molar-refractivity contribution in [2.45, 2.75) is 17.7 Å². The molecule has 0 radical (unpaired) electrons. The van der Waals surface area contributed by atoms with Crippen molar-refractivity contribution >= 4 is 10.0 Å². The Morgan fingerprint density at radius 1 is 1.32 bits per heavy atom. The van der Waals surface area contributed by atoms with E-state index in [2.05, 4.69) is 9.62 Å². The number of nitrogens with zero attached hydrogens (tertiary/aromatic N) is 1. The van der Waals surface area contributed by atoms with Gasteiger partial charge in [0, 0.05) is 20.2 Å². The first kappa shape index (κ1) is 17.3. The van der Waals surface area contributed by atoms with E-state index >= 15 is 0 Å². The molecule has 1 aliphatic heterocycles. The molecule has 0 unspecified atom stereocenters. The van der Waals surface area contributed by atoms with Gasteiger partial charge in [-0.2, -0.15) is 0 Å². The zero-order valence-electron chi connectivity index (χ0n) is 12.8.